The normalized spacial score (nSPS) is 12.1. The smallest absolute Gasteiger partial charge is 0.248 e. The average molecular weight is 468 g/mol. The molecule has 0 unspecified atom stereocenters. The number of amides is 2. The van der Waals surface area contributed by atoms with Gasteiger partial charge in [0.1, 0.15) is 16.7 Å². The summed E-state index contributed by atoms with van der Waals surface area (Å²) in [6, 6.07) is 18.8. The van der Waals surface area contributed by atoms with Crippen LogP contribution in [0.3, 0.4) is 0 Å². The highest BCUT2D eigenvalue weighted by atomic mass is 32.2. The molecule has 0 fully saturated rings. The number of nitrogens with one attached hydrogen (secondary N) is 2. The quantitative estimate of drug-likeness (QED) is 0.446. The zero-order chi connectivity index (χ0) is 24.0. The Kier molecular flexibility index (Phi) is 7.47. The Balaban J connectivity index is 1.90. The van der Waals surface area contributed by atoms with Gasteiger partial charge in [0, 0.05) is 11.3 Å². The molecule has 0 aromatic heterocycles. The van der Waals surface area contributed by atoms with Crippen LogP contribution in [0.25, 0.3) is 0 Å². The van der Waals surface area contributed by atoms with Crippen molar-refractivity contribution in [3.8, 4) is 5.75 Å². The van der Waals surface area contributed by atoms with Crippen LogP contribution in [0.5, 0.6) is 5.75 Å². The average Bonchev–Trinajstić information content (AvgIpc) is 2.79. The number of benzene rings is 3. The summed E-state index contributed by atoms with van der Waals surface area (Å²) in [5.41, 5.74) is 7.45. The SMILES string of the molecule is COc1ccc(C)cc1S(=O)(=O)N[C@@H](Cc1ccccc1)C(=O)Nc1ccc(C(N)=O)cc1. The van der Waals surface area contributed by atoms with Gasteiger partial charge in [0.15, 0.2) is 0 Å². The Labute approximate surface area is 192 Å². The lowest BCUT2D eigenvalue weighted by atomic mass is 10.1. The summed E-state index contributed by atoms with van der Waals surface area (Å²) in [4.78, 5) is 24.3. The van der Waals surface area contributed by atoms with E-state index in [9.17, 15) is 18.0 Å². The van der Waals surface area contributed by atoms with Gasteiger partial charge >= 0.3 is 0 Å². The number of hydrogen-bond acceptors (Lipinski definition) is 5. The minimum atomic E-state index is -4.10. The topological polar surface area (TPSA) is 128 Å². The summed E-state index contributed by atoms with van der Waals surface area (Å²) in [5.74, 6) is -0.968. The molecular weight excluding hydrogens is 442 g/mol. The molecule has 0 radical (unpaired) electrons. The van der Waals surface area contributed by atoms with Gasteiger partial charge in [-0.25, -0.2) is 8.42 Å². The minimum Gasteiger partial charge on any atom is -0.495 e. The Morgan fingerprint density at radius 3 is 2.27 bits per heavy atom. The van der Waals surface area contributed by atoms with Gasteiger partial charge in [-0.1, -0.05) is 36.4 Å². The molecule has 33 heavy (non-hydrogen) atoms. The maximum absolute atomic E-state index is 13.2. The lowest BCUT2D eigenvalue weighted by molar-refractivity contribution is -0.117. The molecule has 0 saturated heterocycles. The van der Waals surface area contributed by atoms with Crippen LogP contribution in [0, 0.1) is 6.92 Å². The van der Waals surface area contributed by atoms with E-state index in [0.717, 1.165) is 11.1 Å². The zero-order valence-electron chi connectivity index (χ0n) is 18.2. The van der Waals surface area contributed by atoms with E-state index >= 15 is 0 Å². The van der Waals surface area contributed by atoms with Gasteiger partial charge < -0.3 is 15.8 Å². The van der Waals surface area contributed by atoms with Gasteiger partial charge in [0.05, 0.1) is 7.11 Å². The fourth-order valence-corrected chi connectivity index (χ4v) is 4.68. The van der Waals surface area contributed by atoms with Crippen molar-refractivity contribution in [2.75, 3.05) is 12.4 Å². The Morgan fingerprint density at radius 1 is 1.00 bits per heavy atom. The number of primary amides is 1. The number of carbonyl (C=O) groups is 2. The van der Waals surface area contributed by atoms with Gasteiger partial charge in [0.25, 0.3) is 0 Å². The summed E-state index contributed by atoms with van der Waals surface area (Å²) >= 11 is 0. The van der Waals surface area contributed by atoms with Crippen molar-refractivity contribution in [2.45, 2.75) is 24.3 Å². The van der Waals surface area contributed by atoms with Crippen LogP contribution in [0.1, 0.15) is 21.5 Å². The second-order valence-electron chi connectivity index (χ2n) is 7.45. The standard InChI is InChI=1S/C24H25N3O5S/c1-16-8-13-21(32-2)22(14-16)33(30,31)27-20(15-17-6-4-3-5-7-17)24(29)26-19-11-9-18(10-12-19)23(25)28/h3-14,20,27H,15H2,1-2H3,(H2,25,28)(H,26,29)/t20-/m0/s1. The van der Waals surface area contributed by atoms with Gasteiger partial charge in [-0.15, -0.1) is 0 Å². The van der Waals surface area contributed by atoms with E-state index in [-0.39, 0.29) is 17.1 Å². The van der Waals surface area contributed by atoms with Crippen LogP contribution >= 0.6 is 0 Å². The minimum absolute atomic E-state index is 0.0540. The number of methoxy groups -OCH3 is 1. The number of hydrogen-bond donors (Lipinski definition) is 3. The monoisotopic (exact) mass is 467 g/mol. The van der Waals surface area contributed by atoms with Crippen LogP contribution in [-0.4, -0.2) is 33.4 Å². The Morgan fingerprint density at radius 2 is 1.67 bits per heavy atom. The molecule has 8 nitrogen and oxygen atoms in total. The molecule has 1 atom stereocenters. The molecule has 3 aromatic carbocycles. The summed E-state index contributed by atoms with van der Waals surface area (Å²) in [5, 5.41) is 2.69. The number of nitrogens with two attached hydrogens (primary N) is 1. The summed E-state index contributed by atoms with van der Waals surface area (Å²) in [6.45, 7) is 1.77. The first kappa shape index (κ1) is 24.0. The van der Waals surface area contributed by atoms with E-state index in [1.165, 1.54) is 37.4 Å². The molecule has 172 valence electrons. The molecule has 0 aliphatic rings. The van der Waals surface area contributed by atoms with E-state index in [0.29, 0.717) is 11.3 Å². The third-order valence-corrected chi connectivity index (χ3v) is 6.44. The highest BCUT2D eigenvalue weighted by Gasteiger charge is 2.28. The highest BCUT2D eigenvalue weighted by Crippen LogP contribution is 2.25. The lowest BCUT2D eigenvalue weighted by Crippen LogP contribution is -2.45. The Hall–Kier alpha value is -3.69. The molecule has 9 heteroatoms. The van der Waals surface area contributed by atoms with Gasteiger partial charge in [-0.05, 0) is 60.9 Å². The molecule has 2 amide bonds. The molecule has 0 bridgehead atoms. The predicted octanol–water partition coefficient (Wildman–Crippen LogP) is 2.63. The van der Waals surface area contributed by atoms with E-state index in [1.54, 1.807) is 19.1 Å². The predicted molar refractivity (Wildman–Crippen MR) is 126 cm³/mol. The lowest BCUT2D eigenvalue weighted by Gasteiger charge is -2.20. The maximum Gasteiger partial charge on any atom is 0.248 e. The van der Waals surface area contributed by atoms with Gasteiger partial charge in [-0.2, -0.15) is 4.72 Å². The van der Waals surface area contributed by atoms with Gasteiger partial charge in [-0.3, -0.25) is 9.59 Å². The molecule has 0 spiro atoms. The first-order valence-electron chi connectivity index (χ1n) is 10.1. The van der Waals surface area contributed by atoms with Crippen LogP contribution in [0.2, 0.25) is 0 Å². The molecule has 0 aliphatic heterocycles. The van der Waals surface area contributed by atoms with Gasteiger partial charge in [0.2, 0.25) is 21.8 Å². The Bertz CT molecular complexity index is 1240. The second-order valence-corrected chi connectivity index (χ2v) is 9.13. The van der Waals surface area contributed by atoms with E-state index in [1.807, 2.05) is 30.3 Å². The first-order valence-corrected chi connectivity index (χ1v) is 11.6. The first-order chi connectivity index (χ1) is 15.7. The van der Waals surface area contributed by atoms with Crippen molar-refractivity contribution in [3.05, 3.63) is 89.5 Å². The molecule has 0 saturated carbocycles. The molecule has 0 heterocycles. The largest absolute Gasteiger partial charge is 0.495 e. The number of aryl methyl sites for hydroxylation is 1. The summed E-state index contributed by atoms with van der Waals surface area (Å²) in [6.07, 6.45) is 0.124. The number of anilines is 1. The third-order valence-electron chi connectivity index (χ3n) is 4.94. The van der Waals surface area contributed by atoms with E-state index in [2.05, 4.69) is 10.0 Å². The molecule has 3 aromatic rings. The van der Waals surface area contributed by atoms with Crippen molar-refractivity contribution in [2.24, 2.45) is 5.73 Å². The zero-order valence-corrected chi connectivity index (χ0v) is 19.1. The number of sulfonamides is 1. The number of carbonyl (C=O) groups excluding carboxylic acids is 2. The molecule has 0 aliphatic carbocycles. The third kappa shape index (κ3) is 6.18. The number of ether oxygens (including phenoxy) is 1. The fourth-order valence-electron chi connectivity index (χ4n) is 3.23. The van der Waals surface area contributed by atoms with Crippen molar-refractivity contribution < 1.29 is 22.7 Å². The molecular formula is C24H25N3O5S. The van der Waals surface area contributed by atoms with Crippen molar-refractivity contribution in [1.82, 2.24) is 4.72 Å². The van der Waals surface area contributed by atoms with Crippen LogP contribution in [0.4, 0.5) is 5.69 Å². The van der Waals surface area contributed by atoms with E-state index < -0.39 is 27.9 Å². The molecule has 4 N–H and O–H groups in total. The van der Waals surface area contributed by atoms with Crippen molar-refractivity contribution in [1.29, 1.82) is 0 Å². The maximum atomic E-state index is 13.2. The van der Waals surface area contributed by atoms with Crippen molar-refractivity contribution >= 4 is 27.5 Å². The summed E-state index contributed by atoms with van der Waals surface area (Å²) in [7, 11) is -2.71. The second kappa shape index (κ2) is 10.3. The van der Waals surface area contributed by atoms with Crippen molar-refractivity contribution in [3.63, 3.8) is 0 Å². The fraction of sp³-hybridized carbons (Fsp3) is 0.167. The van der Waals surface area contributed by atoms with Crippen LogP contribution < -0.4 is 20.5 Å². The molecule has 3 rings (SSSR count). The summed E-state index contributed by atoms with van der Waals surface area (Å²) < 4.78 is 34.2. The van der Waals surface area contributed by atoms with E-state index in [4.69, 9.17) is 10.5 Å². The van der Waals surface area contributed by atoms with Crippen LogP contribution in [0.15, 0.2) is 77.7 Å². The van der Waals surface area contributed by atoms with Crippen LogP contribution in [-0.2, 0) is 21.2 Å². The number of rotatable bonds is 9. The highest BCUT2D eigenvalue weighted by molar-refractivity contribution is 7.89.